The molecule has 2 atom stereocenters. The van der Waals surface area contributed by atoms with E-state index in [0.29, 0.717) is 6.61 Å². The molecule has 0 saturated heterocycles. The van der Waals surface area contributed by atoms with E-state index in [-0.39, 0.29) is 12.2 Å². The van der Waals surface area contributed by atoms with E-state index < -0.39 is 0 Å². The molecule has 0 fully saturated rings. The maximum Gasteiger partial charge on any atom is 0.0954 e. The normalized spacial score (nSPS) is 14.3. The highest BCUT2D eigenvalue weighted by molar-refractivity contribution is 9.10. The van der Waals surface area contributed by atoms with Gasteiger partial charge in [0.2, 0.25) is 0 Å². The summed E-state index contributed by atoms with van der Waals surface area (Å²) in [6, 6.07) is 8.27. The lowest BCUT2D eigenvalue weighted by Gasteiger charge is -2.23. The Balaban J connectivity index is 2.67. The van der Waals surface area contributed by atoms with Crippen molar-refractivity contribution in [2.24, 2.45) is 0 Å². The molecule has 1 rings (SSSR count). The minimum Gasteiger partial charge on any atom is -0.382 e. The second-order valence-corrected chi connectivity index (χ2v) is 5.57. The number of nitrogens with one attached hydrogen (secondary N) is 1. The standard InChI is InChI=1S/C15H24BrNO2/c1-4-8-17-10-15(19-12(2)11-18-3)13-6-5-7-14(16)9-13/h5-7,9,12,15,17H,4,8,10-11H2,1-3H3. The van der Waals surface area contributed by atoms with Gasteiger partial charge in [0.25, 0.3) is 0 Å². The van der Waals surface area contributed by atoms with Crippen LogP contribution in [0.25, 0.3) is 0 Å². The number of hydrogen-bond acceptors (Lipinski definition) is 3. The fourth-order valence-electron chi connectivity index (χ4n) is 1.92. The Morgan fingerprint density at radius 2 is 2.16 bits per heavy atom. The lowest BCUT2D eigenvalue weighted by molar-refractivity contribution is -0.0393. The highest BCUT2D eigenvalue weighted by Crippen LogP contribution is 2.22. The summed E-state index contributed by atoms with van der Waals surface area (Å²) in [5.41, 5.74) is 1.18. The van der Waals surface area contributed by atoms with Crippen LogP contribution in [-0.2, 0) is 9.47 Å². The average molecular weight is 330 g/mol. The number of ether oxygens (including phenoxy) is 2. The van der Waals surface area contributed by atoms with Crippen LogP contribution in [0.4, 0.5) is 0 Å². The van der Waals surface area contributed by atoms with Gasteiger partial charge < -0.3 is 14.8 Å². The predicted molar refractivity (Wildman–Crippen MR) is 82.5 cm³/mol. The van der Waals surface area contributed by atoms with Crippen LogP contribution in [0.15, 0.2) is 28.7 Å². The summed E-state index contributed by atoms with van der Waals surface area (Å²) >= 11 is 3.51. The van der Waals surface area contributed by atoms with Gasteiger partial charge in [-0.25, -0.2) is 0 Å². The van der Waals surface area contributed by atoms with Crippen molar-refractivity contribution in [3.8, 4) is 0 Å². The molecule has 0 aromatic heterocycles. The number of benzene rings is 1. The lowest BCUT2D eigenvalue weighted by atomic mass is 10.1. The first-order chi connectivity index (χ1) is 9.17. The highest BCUT2D eigenvalue weighted by atomic mass is 79.9. The zero-order valence-corrected chi connectivity index (χ0v) is 13.6. The smallest absolute Gasteiger partial charge is 0.0954 e. The Hall–Kier alpha value is -0.420. The average Bonchev–Trinajstić information content (AvgIpc) is 2.38. The van der Waals surface area contributed by atoms with E-state index in [0.717, 1.165) is 24.0 Å². The molecule has 0 aliphatic carbocycles. The lowest BCUT2D eigenvalue weighted by Crippen LogP contribution is -2.28. The second kappa shape index (κ2) is 9.48. The van der Waals surface area contributed by atoms with Gasteiger partial charge in [0, 0.05) is 18.1 Å². The first-order valence-corrected chi connectivity index (χ1v) is 7.57. The summed E-state index contributed by atoms with van der Waals surface area (Å²) in [5, 5.41) is 3.42. The third kappa shape index (κ3) is 6.52. The summed E-state index contributed by atoms with van der Waals surface area (Å²) in [6.45, 7) is 6.63. The molecule has 2 unspecified atom stereocenters. The molecule has 4 heteroatoms. The Bertz CT molecular complexity index is 360. The minimum atomic E-state index is 0.0502. The van der Waals surface area contributed by atoms with Crippen molar-refractivity contribution < 1.29 is 9.47 Å². The van der Waals surface area contributed by atoms with E-state index in [1.807, 2.05) is 19.1 Å². The first kappa shape index (κ1) is 16.6. The summed E-state index contributed by atoms with van der Waals surface area (Å²) in [5.74, 6) is 0. The molecule has 0 amide bonds. The van der Waals surface area contributed by atoms with E-state index in [4.69, 9.17) is 9.47 Å². The van der Waals surface area contributed by atoms with Crippen LogP contribution in [-0.4, -0.2) is 32.9 Å². The quantitative estimate of drug-likeness (QED) is 0.703. The molecule has 19 heavy (non-hydrogen) atoms. The zero-order chi connectivity index (χ0) is 14.1. The molecule has 0 heterocycles. The molecule has 0 aliphatic rings. The minimum absolute atomic E-state index is 0.0502. The SMILES string of the molecule is CCCNCC(OC(C)COC)c1cccc(Br)c1. The number of halogens is 1. The Kier molecular flexibility index (Phi) is 8.30. The molecule has 0 aliphatic heterocycles. The fourth-order valence-corrected chi connectivity index (χ4v) is 2.33. The third-order valence-corrected chi connectivity index (χ3v) is 3.27. The van der Waals surface area contributed by atoms with Crippen molar-refractivity contribution in [2.75, 3.05) is 26.8 Å². The van der Waals surface area contributed by atoms with Gasteiger partial charge in [-0.2, -0.15) is 0 Å². The van der Waals surface area contributed by atoms with Gasteiger partial charge in [-0.3, -0.25) is 0 Å². The maximum absolute atomic E-state index is 6.07. The predicted octanol–water partition coefficient (Wildman–Crippen LogP) is 3.54. The van der Waals surface area contributed by atoms with Crippen molar-refractivity contribution >= 4 is 15.9 Å². The van der Waals surface area contributed by atoms with Crippen molar-refractivity contribution in [2.45, 2.75) is 32.5 Å². The van der Waals surface area contributed by atoms with Crippen molar-refractivity contribution in [1.29, 1.82) is 0 Å². The van der Waals surface area contributed by atoms with Gasteiger partial charge in [-0.15, -0.1) is 0 Å². The highest BCUT2D eigenvalue weighted by Gasteiger charge is 2.15. The summed E-state index contributed by atoms with van der Waals surface area (Å²) in [4.78, 5) is 0. The fraction of sp³-hybridized carbons (Fsp3) is 0.600. The van der Waals surface area contributed by atoms with Gasteiger partial charge in [0.1, 0.15) is 0 Å². The number of rotatable bonds is 9. The summed E-state index contributed by atoms with van der Waals surface area (Å²) < 4.78 is 12.3. The van der Waals surface area contributed by atoms with Crippen LogP contribution in [0.1, 0.15) is 31.9 Å². The zero-order valence-electron chi connectivity index (χ0n) is 12.0. The van der Waals surface area contributed by atoms with Gasteiger partial charge in [-0.05, 0) is 37.6 Å². The van der Waals surface area contributed by atoms with Gasteiger partial charge in [0.15, 0.2) is 0 Å². The van der Waals surface area contributed by atoms with Crippen LogP contribution >= 0.6 is 15.9 Å². The van der Waals surface area contributed by atoms with Crippen LogP contribution in [0.2, 0.25) is 0 Å². The van der Waals surface area contributed by atoms with E-state index >= 15 is 0 Å². The molecule has 1 aromatic carbocycles. The molecule has 1 aromatic rings. The van der Waals surface area contributed by atoms with Crippen LogP contribution in [0.3, 0.4) is 0 Å². The Morgan fingerprint density at radius 3 is 2.79 bits per heavy atom. The summed E-state index contributed by atoms with van der Waals surface area (Å²) in [7, 11) is 1.70. The van der Waals surface area contributed by atoms with Crippen LogP contribution in [0, 0.1) is 0 Å². The molecule has 1 N–H and O–H groups in total. The number of hydrogen-bond donors (Lipinski definition) is 1. The van der Waals surface area contributed by atoms with Gasteiger partial charge >= 0.3 is 0 Å². The molecular weight excluding hydrogens is 306 g/mol. The van der Waals surface area contributed by atoms with Crippen molar-refractivity contribution in [3.63, 3.8) is 0 Å². The van der Waals surface area contributed by atoms with Crippen LogP contribution < -0.4 is 5.32 Å². The summed E-state index contributed by atoms with van der Waals surface area (Å²) in [6.07, 6.45) is 1.25. The first-order valence-electron chi connectivity index (χ1n) is 6.78. The third-order valence-electron chi connectivity index (χ3n) is 2.77. The van der Waals surface area contributed by atoms with E-state index in [1.54, 1.807) is 7.11 Å². The Labute approximate surface area is 124 Å². The van der Waals surface area contributed by atoms with Crippen molar-refractivity contribution in [1.82, 2.24) is 5.32 Å². The van der Waals surface area contributed by atoms with E-state index in [1.165, 1.54) is 5.56 Å². The Morgan fingerprint density at radius 1 is 1.37 bits per heavy atom. The van der Waals surface area contributed by atoms with Crippen LogP contribution in [0.5, 0.6) is 0 Å². The molecule has 0 radical (unpaired) electrons. The van der Waals surface area contributed by atoms with Crippen molar-refractivity contribution in [3.05, 3.63) is 34.3 Å². The molecule has 3 nitrogen and oxygen atoms in total. The van der Waals surface area contributed by atoms with E-state index in [2.05, 4.69) is 40.3 Å². The molecule has 108 valence electrons. The molecule has 0 spiro atoms. The number of methoxy groups -OCH3 is 1. The molecular formula is C15H24BrNO2. The monoisotopic (exact) mass is 329 g/mol. The van der Waals surface area contributed by atoms with Gasteiger partial charge in [-0.1, -0.05) is 35.0 Å². The largest absolute Gasteiger partial charge is 0.382 e. The molecule has 0 bridgehead atoms. The second-order valence-electron chi connectivity index (χ2n) is 4.65. The van der Waals surface area contributed by atoms with E-state index in [9.17, 15) is 0 Å². The molecule has 0 saturated carbocycles. The van der Waals surface area contributed by atoms with Gasteiger partial charge in [0.05, 0.1) is 18.8 Å². The maximum atomic E-state index is 6.07. The topological polar surface area (TPSA) is 30.5 Å².